The molecule has 20 heavy (non-hydrogen) atoms. The first-order valence-corrected chi connectivity index (χ1v) is 6.96. The topological polar surface area (TPSA) is 67.5 Å². The molecule has 0 spiro atoms. The Morgan fingerprint density at radius 1 is 1.30 bits per heavy atom. The maximum absolute atomic E-state index is 13.7. The molecule has 4 nitrogen and oxygen atoms in total. The lowest BCUT2D eigenvalue weighted by Gasteiger charge is -2.21. The zero-order chi connectivity index (χ0) is 15.3. The van der Waals surface area contributed by atoms with Crippen LogP contribution >= 0.6 is 0 Å². The number of aliphatic hydroxyl groups is 1. The number of hydrogen-bond donors (Lipinski definition) is 3. The average molecular weight is 284 g/mol. The van der Waals surface area contributed by atoms with Crippen molar-refractivity contribution in [1.82, 2.24) is 0 Å². The third-order valence-corrected chi connectivity index (χ3v) is 2.80. The molecule has 0 heterocycles. The summed E-state index contributed by atoms with van der Waals surface area (Å²) in [6.07, 6.45) is 0.679. The van der Waals surface area contributed by atoms with E-state index < -0.39 is 5.82 Å². The highest BCUT2D eigenvalue weighted by molar-refractivity contribution is 5.69. The summed E-state index contributed by atoms with van der Waals surface area (Å²) in [4.78, 5) is 0. The Kier molecular flexibility index (Phi) is 6.07. The third-order valence-electron chi connectivity index (χ3n) is 2.80. The van der Waals surface area contributed by atoms with Gasteiger partial charge < -0.3 is 20.9 Å². The Hall–Kier alpha value is -1.49. The molecule has 4 N–H and O–H groups in total. The molecule has 1 aromatic carbocycles. The van der Waals surface area contributed by atoms with Crippen LogP contribution in [-0.2, 0) is 0 Å². The van der Waals surface area contributed by atoms with E-state index in [2.05, 4.69) is 19.2 Å². The minimum Gasteiger partial charge on any atom is -0.488 e. The predicted molar refractivity (Wildman–Crippen MR) is 80.5 cm³/mol. The van der Waals surface area contributed by atoms with Gasteiger partial charge in [0, 0.05) is 18.2 Å². The number of hydrogen-bond acceptors (Lipinski definition) is 4. The van der Waals surface area contributed by atoms with Gasteiger partial charge in [-0.15, -0.1) is 0 Å². The molecule has 0 amide bonds. The molecule has 0 aliphatic rings. The first-order valence-electron chi connectivity index (χ1n) is 6.96. The van der Waals surface area contributed by atoms with Crippen molar-refractivity contribution in [3.8, 4) is 5.75 Å². The molecule has 0 radical (unpaired) electrons. The minimum atomic E-state index is -0.480. The van der Waals surface area contributed by atoms with E-state index >= 15 is 0 Å². The van der Waals surface area contributed by atoms with E-state index in [-0.39, 0.29) is 24.5 Å². The lowest BCUT2D eigenvalue weighted by molar-refractivity contribution is 0.231. The Morgan fingerprint density at radius 2 is 1.95 bits per heavy atom. The van der Waals surface area contributed by atoms with Crippen LogP contribution in [0.2, 0.25) is 0 Å². The van der Waals surface area contributed by atoms with Gasteiger partial charge in [0.25, 0.3) is 0 Å². The summed E-state index contributed by atoms with van der Waals surface area (Å²) >= 11 is 0. The summed E-state index contributed by atoms with van der Waals surface area (Å²) in [5.74, 6) is 0.122. The molecule has 0 bridgehead atoms. The smallest absolute Gasteiger partial charge is 0.167 e. The number of halogens is 1. The molecule has 1 rings (SSSR count). The van der Waals surface area contributed by atoms with Crippen LogP contribution in [0.25, 0.3) is 0 Å². The lowest BCUT2D eigenvalue weighted by atomic mass is 10.0. The molecular formula is C15H25FN2O2. The van der Waals surface area contributed by atoms with E-state index in [9.17, 15) is 9.50 Å². The van der Waals surface area contributed by atoms with Gasteiger partial charge in [0.1, 0.15) is 0 Å². The van der Waals surface area contributed by atoms with Crippen molar-refractivity contribution in [1.29, 1.82) is 0 Å². The van der Waals surface area contributed by atoms with Crippen LogP contribution in [0.5, 0.6) is 5.75 Å². The average Bonchev–Trinajstić information content (AvgIpc) is 2.32. The normalized spacial score (nSPS) is 12.8. The molecule has 1 atom stereocenters. The fraction of sp³-hybridized carbons (Fsp3) is 0.600. The van der Waals surface area contributed by atoms with E-state index in [1.807, 2.05) is 13.8 Å². The quantitative estimate of drug-likeness (QED) is 0.673. The second-order valence-electron chi connectivity index (χ2n) is 5.69. The van der Waals surface area contributed by atoms with Crippen molar-refractivity contribution in [2.45, 2.75) is 46.3 Å². The van der Waals surface area contributed by atoms with Crippen molar-refractivity contribution < 1.29 is 14.2 Å². The maximum atomic E-state index is 13.7. The highest BCUT2D eigenvalue weighted by atomic mass is 19.1. The van der Waals surface area contributed by atoms with Gasteiger partial charge in [-0.05, 0) is 26.2 Å². The van der Waals surface area contributed by atoms with Crippen LogP contribution in [0.15, 0.2) is 12.1 Å². The number of nitrogens with two attached hydrogens (primary N) is 1. The zero-order valence-corrected chi connectivity index (χ0v) is 12.6. The van der Waals surface area contributed by atoms with Crippen LogP contribution in [0, 0.1) is 11.7 Å². The number of nitrogens with one attached hydrogen (secondary N) is 1. The van der Waals surface area contributed by atoms with Crippen molar-refractivity contribution >= 4 is 11.4 Å². The summed E-state index contributed by atoms with van der Waals surface area (Å²) in [5, 5.41) is 12.5. The standard InChI is InChI=1S/C15H25FN2O2/c1-9(2)5-11(8-19)18-14-7-15(20-10(3)4)12(16)6-13(14)17/h6-7,9-11,18-19H,5,8,17H2,1-4H3. The van der Waals surface area contributed by atoms with E-state index in [0.717, 1.165) is 6.42 Å². The van der Waals surface area contributed by atoms with Crippen LogP contribution in [0.3, 0.4) is 0 Å². The largest absolute Gasteiger partial charge is 0.488 e. The van der Waals surface area contributed by atoms with E-state index in [4.69, 9.17) is 10.5 Å². The lowest BCUT2D eigenvalue weighted by Crippen LogP contribution is -2.26. The second-order valence-corrected chi connectivity index (χ2v) is 5.69. The van der Waals surface area contributed by atoms with Gasteiger partial charge >= 0.3 is 0 Å². The summed E-state index contributed by atoms with van der Waals surface area (Å²) in [6, 6.07) is 2.67. The SMILES string of the molecule is CC(C)CC(CO)Nc1cc(OC(C)C)c(F)cc1N. The van der Waals surface area contributed by atoms with Gasteiger partial charge in [0.15, 0.2) is 11.6 Å². The van der Waals surface area contributed by atoms with Gasteiger partial charge in [-0.3, -0.25) is 0 Å². The number of aliphatic hydroxyl groups excluding tert-OH is 1. The Balaban J connectivity index is 2.93. The number of benzene rings is 1. The molecule has 0 aromatic heterocycles. The number of anilines is 2. The van der Waals surface area contributed by atoms with Crippen LogP contribution in [0.1, 0.15) is 34.1 Å². The Labute approximate surface area is 120 Å². The fourth-order valence-electron chi connectivity index (χ4n) is 2.01. The highest BCUT2D eigenvalue weighted by Crippen LogP contribution is 2.30. The maximum Gasteiger partial charge on any atom is 0.167 e. The minimum absolute atomic E-state index is 0.00460. The first kappa shape index (κ1) is 16.6. The second kappa shape index (κ2) is 7.33. The number of rotatable bonds is 7. The van der Waals surface area contributed by atoms with Crippen molar-refractivity contribution in [2.24, 2.45) is 5.92 Å². The van der Waals surface area contributed by atoms with Crippen LogP contribution in [-0.4, -0.2) is 23.9 Å². The number of ether oxygens (including phenoxy) is 1. The molecule has 114 valence electrons. The third kappa shape index (κ3) is 4.89. The van der Waals surface area contributed by atoms with Gasteiger partial charge in [-0.1, -0.05) is 13.8 Å². The van der Waals surface area contributed by atoms with Gasteiger partial charge in [-0.2, -0.15) is 0 Å². The van der Waals surface area contributed by atoms with Crippen molar-refractivity contribution in [2.75, 3.05) is 17.7 Å². The molecular weight excluding hydrogens is 259 g/mol. The molecule has 5 heteroatoms. The van der Waals surface area contributed by atoms with Crippen molar-refractivity contribution in [3.05, 3.63) is 17.9 Å². The fourth-order valence-corrected chi connectivity index (χ4v) is 2.01. The molecule has 0 saturated heterocycles. The Bertz CT molecular complexity index is 436. The summed E-state index contributed by atoms with van der Waals surface area (Å²) in [5.41, 5.74) is 6.71. The highest BCUT2D eigenvalue weighted by Gasteiger charge is 2.15. The Morgan fingerprint density at radius 3 is 2.45 bits per heavy atom. The van der Waals surface area contributed by atoms with Crippen LogP contribution < -0.4 is 15.8 Å². The summed E-state index contributed by atoms with van der Waals surface area (Å²) in [7, 11) is 0. The van der Waals surface area contributed by atoms with E-state index in [0.29, 0.717) is 17.3 Å². The number of nitrogen functional groups attached to an aromatic ring is 1. The molecule has 0 fully saturated rings. The summed E-state index contributed by atoms with van der Waals surface area (Å²) < 4.78 is 19.1. The monoisotopic (exact) mass is 284 g/mol. The predicted octanol–water partition coefficient (Wildman–Crippen LogP) is 3.01. The van der Waals surface area contributed by atoms with E-state index in [1.54, 1.807) is 6.07 Å². The molecule has 0 aliphatic carbocycles. The first-order chi connectivity index (χ1) is 9.33. The molecule has 0 aliphatic heterocycles. The van der Waals surface area contributed by atoms with Gasteiger partial charge in [0.2, 0.25) is 0 Å². The van der Waals surface area contributed by atoms with E-state index in [1.165, 1.54) is 6.07 Å². The summed E-state index contributed by atoms with van der Waals surface area (Å²) in [6.45, 7) is 7.81. The van der Waals surface area contributed by atoms with Crippen LogP contribution in [0.4, 0.5) is 15.8 Å². The zero-order valence-electron chi connectivity index (χ0n) is 12.6. The molecule has 1 unspecified atom stereocenters. The van der Waals surface area contributed by atoms with Gasteiger partial charge in [0.05, 0.1) is 24.1 Å². The molecule has 0 saturated carbocycles. The molecule has 1 aromatic rings. The van der Waals surface area contributed by atoms with Crippen molar-refractivity contribution in [3.63, 3.8) is 0 Å². The van der Waals surface area contributed by atoms with Gasteiger partial charge in [-0.25, -0.2) is 4.39 Å².